The first-order valence-electron chi connectivity index (χ1n) is 7.02. The molecule has 2 atom stereocenters. The van der Waals surface area contributed by atoms with Crippen molar-refractivity contribution < 1.29 is 14.2 Å². The number of hydrogen-bond donors (Lipinski definition) is 0. The van der Waals surface area contributed by atoms with Gasteiger partial charge in [0.2, 0.25) is 0 Å². The summed E-state index contributed by atoms with van der Waals surface area (Å²) in [6.45, 7) is 3.85. The van der Waals surface area contributed by atoms with E-state index in [0.29, 0.717) is 17.1 Å². The van der Waals surface area contributed by atoms with Crippen molar-refractivity contribution in [1.82, 2.24) is 0 Å². The van der Waals surface area contributed by atoms with E-state index in [4.69, 9.17) is 60.6 Å². The molecule has 2 heterocycles. The third-order valence-electron chi connectivity index (χ3n) is 4.16. The highest BCUT2D eigenvalue weighted by molar-refractivity contribution is 6.58. The number of rotatable bonds is 4. The molecule has 3 nitrogen and oxygen atoms in total. The maximum absolute atomic E-state index is 6.53. The summed E-state index contributed by atoms with van der Waals surface area (Å²) in [5.74, 6) is 1.10. The average molecular weight is 408 g/mol. The van der Waals surface area contributed by atoms with E-state index in [1.807, 2.05) is 0 Å². The van der Waals surface area contributed by atoms with Crippen LogP contribution in [0.25, 0.3) is 6.08 Å². The van der Waals surface area contributed by atoms with E-state index in [0.717, 1.165) is 5.56 Å². The van der Waals surface area contributed by atoms with E-state index in [-0.39, 0.29) is 10.1 Å². The summed E-state index contributed by atoms with van der Waals surface area (Å²) in [6.07, 6.45) is 4.60. The fourth-order valence-electron chi connectivity index (χ4n) is 2.91. The van der Waals surface area contributed by atoms with Crippen LogP contribution in [0, 0.1) is 0 Å². The third kappa shape index (κ3) is 2.38. The smallest absolute Gasteiger partial charge is 0.184 e. The second-order valence-electron chi connectivity index (χ2n) is 5.38. The number of methoxy groups -OCH3 is 2. The van der Waals surface area contributed by atoms with Crippen molar-refractivity contribution >= 4 is 52.5 Å². The lowest BCUT2D eigenvalue weighted by atomic mass is 9.88. The Labute approximate surface area is 160 Å². The predicted octanol–water partition coefficient (Wildman–Crippen LogP) is 5.37. The standard InChI is InChI=1S/C17H14Cl4O3/c1-4-9-7-11(22-2)12(23-3)8-10(9)16-6-5-13(24-16)17(20,21)15(19)14(16)18/h4-8,13H,1H2,2-3H3/t13-,16-/m0/s1. The Kier molecular flexibility index (Phi) is 4.61. The lowest BCUT2D eigenvalue weighted by Gasteiger charge is -2.40. The van der Waals surface area contributed by atoms with Gasteiger partial charge in [-0.25, -0.2) is 0 Å². The molecule has 0 spiro atoms. The monoisotopic (exact) mass is 406 g/mol. The van der Waals surface area contributed by atoms with E-state index >= 15 is 0 Å². The highest BCUT2D eigenvalue weighted by Gasteiger charge is 2.56. The van der Waals surface area contributed by atoms with Crippen molar-refractivity contribution in [2.24, 2.45) is 0 Å². The molecule has 24 heavy (non-hydrogen) atoms. The van der Waals surface area contributed by atoms with Crippen LogP contribution in [0.15, 0.2) is 40.9 Å². The van der Waals surface area contributed by atoms with Gasteiger partial charge in [-0.05, 0) is 23.8 Å². The van der Waals surface area contributed by atoms with Crippen LogP contribution in [0.1, 0.15) is 11.1 Å². The second kappa shape index (κ2) is 6.15. The average Bonchev–Trinajstić information content (AvgIpc) is 3.03. The zero-order valence-electron chi connectivity index (χ0n) is 12.9. The minimum atomic E-state index is -1.43. The van der Waals surface area contributed by atoms with E-state index in [2.05, 4.69) is 6.58 Å². The SMILES string of the molecule is C=Cc1cc(OC)c(OC)cc1[C@]12C=C[C@H](O1)C(Cl)(Cl)C(Cl)=C2Cl. The molecule has 7 heteroatoms. The molecule has 2 aliphatic heterocycles. The van der Waals surface area contributed by atoms with Gasteiger partial charge in [-0.2, -0.15) is 0 Å². The first-order chi connectivity index (χ1) is 11.3. The number of ether oxygens (including phenoxy) is 3. The van der Waals surface area contributed by atoms with Gasteiger partial charge in [-0.1, -0.05) is 65.1 Å². The lowest BCUT2D eigenvalue weighted by Crippen LogP contribution is -2.42. The van der Waals surface area contributed by atoms with E-state index in [1.54, 1.807) is 44.6 Å². The van der Waals surface area contributed by atoms with Gasteiger partial charge < -0.3 is 14.2 Å². The molecule has 0 fully saturated rings. The molecule has 0 aromatic heterocycles. The molecule has 0 unspecified atom stereocenters. The molecular formula is C17H14Cl4O3. The Hall–Kier alpha value is -0.840. The summed E-state index contributed by atoms with van der Waals surface area (Å²) in [6, 6.07) is 3.58. The fraction of sp³-hybridized carbons (Fsp3) is 0.294. The van der Waals surface area contributed by atoms with Crippen LogP contribution in [0.3, 0.4) is 0 Å². The molecule has 0 N–H and O–H groups in total. The van der Waals surface area contributed by atoms with Crippen LogP contribution in [0.5, 0.6) is 11.5 Å². The lowest BCUT2D eigenvalue weighted by molar-refractivity contribution is -0.0102. The molecule has 0 saturated carbocycles. The summed E-state index contributed by atoms with van der Waals surface area (Å²) in [5, 5.41) is 0.341. The summed E-state index contributed by atoms with van der Waals surface area (Å²) < 4.78 is 15.4. The van der Waals surface area contributed by atoms with Crippen LogP contribution in [-0.4, -0.2) is 24.7 Å². The Morgan fingerprint density at radius 3 is 2.33 bits per heavy atom. The molecule has 1 aromatic carbocycles. The van der Waals surface area contributed by atoms with Crippen molar-refractivity contribution in [3.05, 3.63) is 52.1 Å². The van der Waals surface area contributed by atoms with Crippen molar-refractivity contribution in [2.75, 3.05) is 14.2 Å². The Balaban J connectivity index is 2.28. The van der Waals surface area contributed by atoms with Crippen LogP contribution < -0.4 is 9.47 Å². The van der Waals surface area contributed by atoms with Gasteiger partial charge in [-0.15, -0.1) is 0 Å². The third-order valence-corrected chi connectivity index (χ3v) is 6.22. The van der Waals surface area contributed by atoms with Crippen LogP contribution >= 0.6 is 46.4 Å². The Bertz CT molecular complexity index is 769. The van der Waals surface area contributed by atoms with Gasteiger partial charge >= 0.3 is 0 Å². The van der Waals surface area contributed by atoms with Crippen LogP contribution in [0.2, 0.25) is 0 Å². The van der Waals surface area contributed by atoms with Gasteiger partial charge in [0.05, 0.1) is 24.3 Å². The zero-order valence-corrected chi connectivity index (χ0v) is 15.9. The van der Waals surface area contributed by atoms with Crippen molar-refractivity contribution in [3.8, 4) is 11.5 Å². The van der Waals surface area contributed by atoms with E-state index in [9.17, 15) is 0 Å². The largest absolute Gasteiger partial charge is 0.493 e. The van der Waals surface area contributed by atoms with Gasteiger partial charge in [0.1, 0.15) is 11.7 Å². The summed E-state index contributed by atoms with van der Waals surface area (Å²) in [5.41, 5.74) is 0.373. The minimum Gasteiger partial charge on any atom is -0.493 e. The van der Waals surface area contributed by atoms with Crippen molar-refractivity contribution in [2.45, 2.75) is 16.0 Å². The Morgan fingerprint density at radius 1 is 1.12 bits per heavy atom. The fourth-order valence-corrected chi connectivity index (χ4v) is 4.04. The van der Waals surface area contributed by atoms with E-state index in [1.165, 1.54) is 0 Å². The van der Waals surface area contributed by atoms with Crippen molar-refractivity contribution in [3.63, 3.8) is 0 Å². The van der Waals surface area contributed by atoms with Crippen LogP contribution in [0.4, 0.5) is 0 Å². The highest BCUT2D eigenvalue weighted by atomic mass is 35.5. The molecule has 3 rings (SSSR count). The first kappa shape index (κ1) is 18.0. The van der Waals surface area contributed by atoms with Gasteiger partial charge in [0, 0.05) is 5.56 Å². The number of hydrogen-bond acceptors (Lipinski definition) is 3. The molecule has 0 amide bonds. The quantitative estimate of drug-likeness (QED) is 0.495. The zero-order chi connectivity index (χ0) is 17.7. The second-order valence-corrected chi connectivity index (χ2v) is 7.52. The maximum atomic E-state index is 6.53. The first-order valence-corrected chi connectivity index (χ1v) is 8.53. The van der Waals surface area contributed by atoms with Crippen molar-refractivity contribution in [1.29, 1.82) is 0 Å². The number of halogens is 4. The number of benzene rings is 1. The molecule has 2 aliphatic rings. The molecule has 2 bridgehead atoms. The van der Waals surface area contributed by atoms with Gasteiger partial charge in [-0.3, -0.25) is 0 Å². The summed E-state index contributed by atoms with van der Waals surface area (Å²) in [7, 11) is 3.11. The normalized spacial score (nSPS) is 27.3. The topological polar surface area (TPSA) is 27.7 Å². The number of fused-ring (bicyclic) bond motifs is 2. The maximum Gasteiger partial charge on any atom is 0.184 e. The molecule has 0 saturated heterocycles. The predicted molar refractivity (Wildman–Crippen MR) is 98.5 cm³/mol. The van der Waals surface area contributed by atoms with Gasteiger partial charge in [0.25, 0.3) is 0 Å². The molecule has 128 valence electrons. The molecule has 0 radical (unpaired) electrons. The van der Waals surface area contributed by atoms with E-state index < -0.39 is 16.0 Å². The molecule has 0 aliphatic carbocycles. The minimum absolute atomic E-state index is 0.138. The van der Waals surface area contributed by atoms with Gasteiger partial charge in [0.15, 0.2) is 15.8 Å². The Morgan fingerprint density at radius 2 is 1.75 bits per heavy atom. The molecular weight excluding hydrogens is 394 g/mol. The summed E-state index contributed by atoms with van der Waals surface area (Å²) >= 11 is 25.4. The summed E-state index contributed by atoms with van der Waals surface area (Å²) in [4.78, 5) is 0. The van der Waals surface area contributed by atoms with Crippen LogP contribution in [-0.2, 0) is 10.3 Å². The number of alkyl halides is 2. The highest BCUT2D eigenvalue weighted by Crippen LogP contribution is 2.58. The molecule has 1 aromatic rings.